The number of benzene rings is 1. The third-order valence-electron chi connectivity index (χ3n) is 3.38. The van der Waals surface area contributed by atoms with Gasteiger partial charge in [-0.05, 0) is 17.7 Å². The summed E-state index contributed by atoms with van der Waals surface area (Å²) in [4.78, 5) is 13.3. The average molecular weight is 250 g/mol. The van der Waals surface area contributed by atoms with Crippen LogP contribution in [0.1, 0.15) is 18.0 Å². The van der Waals surface area contributed by atoms with Crippen LogP contribution >= 0.6 is 0 Å². The van der Waals surface area contributed by atoms with Gasteiger partial charge in [-0.1, -0.05) is 6.07 Å². The highest BCUT2D eigenvalue weighted by Crippen LogP contribution is 2.35. The van der Waals surface area contributed by atoms with Crippen molar-refractivity contribution >= 4 is 5.91 Å². The summed E-state index contributed by atoms with van der Waals surface area (Å²) < 4.78 is 10.5. The molecular weight excluding hydrogens is 232 g/mol. The van der Waals surface area contributed by atoms with Crippen molar-refractivity contribution in [2.75, 3.05) is 21.3 Å². The van der Waals surface area contributed by atoms with Crippen LogP contribution in [0.3, 0.4) is 0 Å². The largest absolute Gasteiger partial charge is 0.493 e. The van der Waals surface area contributed by atoms with E-state index < -0.39 is 0 Å². The Morgan fingerprint density at radius 1 is 1.28 bits per heavy atom. The summed E-state index contributed by atoms with van der Waals surface area (Å²) in [6.45, 7) is 0. The molecule has 2 N–H and O–H groups in total. The summed E-state index contributed by atoms with van der Waals surface area (Å²) >= 11 is 0. The molecule has 1 aliphatic rings. The van der Waals surface area contributed by atoms with Crippen LogP contribution in [-0.4, -0.2) is 38.1 Å². The molecule has 0 radical (unpaired) electrons. The molecule has 1 fully saturated rings. The lowest BCUT2D eigenvalue weighted by molar-refractivity contribution is -0.127. The first kappa shape index (κ1) is 12.7. The first-order valence-electron chi connectivity index (χ1n) is 5.81. The van der Waals surface area contributed by atoms with Gasteiger partial charge in [0.2, 0.25) is 5.91 Å². The SMILES string of the molecule is COc1ccc([C@H]2[C@H](N)CC(=O)N2C)cc1OC. The number of rotatable bonds is 3. The predicted molar refractivity (Wildman–Crippen MR) is 67.6 cm³/mol. The number of hydrogen-bond acceptors (Lipinski definition) is 4. The van der Waals surface area contributed by atoms with Crippen LogP contribution in [0.25, 0.3) is 0 Å². The van der Waals surface area contributed by atoms with Crippen molar-refractivity contribution in [1.29, 1.82) is 0 Å². The highest BCUT2D eigenvalue weighted by Gasteiger charge is 2.36. The molecule has 0 bridgehead atoms. The van der Waals surface area contributed by atoms with E-state index in [0.717, 1.165) is 5.56 Å². The van der Waals surface area contributed by atoms with Gasteiger partial charge in [0.1, 0.15) is 0 Å². The van der Waals surface area contributed by atoms with E-state index in [0.29, 0.717) is 17.9 Å². The fourth-order valence-corrected chi connectivity index (χ4v) is 2.41. The van der Waals surface area contributed by atoms with Crippen molar-refractivity contribution in [2.45, 2.75) is 18.5 Å². The predicted octanol–water partition coefficient (Wildman–Crippen LogP) is 0.934. The molecular formula is C13H18N2O3. The van der Waals surface area contributed by atoms with E-state index >= 15 is 0 Å². The summed E-state index contributed by atoms with van der Waals surface area (Å²) in [5.41, 5.74) is 6.99. The summed E-state index contributed by atoms with van der Waals surface area (Å²) in [6, 6.07) is 5.34. The molecule has 0 aliphatic carbocycles. The zero-order chi connectivity index (χ0) is 13.3. The van der Waals surface area contributed by atoms with Gasteiger partial charge in [0.05, 0.1) is 20.3 Å². The van der Waals surface area contributed by atoms with E-state index in [9.17, 15) is 4.79 Å². The third-order valence-corrected chi connectivity index (χ3v) is 3.38. The number of carbonyl (C=O) groups is 1. The Balaban J connectivity index is 2.36. The molecule has 1 aromatic rings. The molecule has 1 heterocycles. The van der Waals surface area contributed by atoms with Gasteiger partial charge in [-0.3, -0.25) is 4.79 Å². The standard InChI is InChI=1S/C13H18N2O3/c1-15-12(16)7-9(14)13(15)8-4-5-10(17-2)11(6-8)18-3/h4-6,9,13H,7,14H2,1-3H3/t9-,13+/m1/s1. The van der Waals surface area contributed by atoms with Crippen LogP contribution in [-0.2, 0) is 4.79 Å². The van der Waals surface area contributed by atoms with E-state index in [2.05, 4.69) is 0 Å². The van der Waals surface area contributed by atoms with Gasteiger partial charge < -0.3 is 20.1 Å². The number of likely N-dealkylation sites (N-methyl/N-ethyl adjacent to an activating group) is 1. The molecule has 2 atom stereocenters. The molecule has 2 rings (SSSR count). The van der Waals surface area contributed by atoms with Gasteiger partial charge in [-0.2, -0.15) is 0 Å². The molecule has 5 nitrogen and oxygen atoms in total. The molecule has 0 unspecified atom stereocenters. The van der Waals surface area contributed by atoms with Crippen LogP contribution in [0.15, 0.2) is 18.2 Å². The number of hydrogen-bond donors (Lipinski definition) is 1. The Bertz CT molecular complexity index is 462. The molecule has 0 saturated carbocycles. The highest BCUT2D eigenvalue weighted by atomic mass is 16.5. The Morgan fingerprint density at radius 3 is 2.44 bits per heavy atom. The summed E-state index contributed by atoms with van der Waals surface area (Å²) in [5, 5.41) is 0. The first-order chi connectivity index (χ1) is 8.58. The number of amides is 1. The second-order valence-electron chi connectivity index (χ2n) is 4.43. The molecule has 1 saturated heterocycles. The third kappa shape index (κ3) is 2.01. The lowest BCUT2D eigenvalue weighted by Crippen LogP contribution is -2.30. The fraction of sp³-hybridized carbons (Fsp3) is 0.462. The Kier molecular flexibility index (Phi) is 3.43. The zero-order valence-electron chi connectivity index (χ0n) is 10.8. The maximum atomic E-state index is 11.6. The summed E-state index contributed by atoms with van der Waals surface area (Å²) in [7, 11) is 4.95. The van der Waals surface area contributed by atoms with Crippen LogP contribution in [0.2, 0.25) is 0 Å². The minimum absolute atomic E-state index is 0.0716. The molecule has 1 aliphatic heterocycles. The van der Waals surface area contributed by atoms with E-state index in [-0.39, 0.29) is 18.0 Å². The Morgan fingerprint density at radius 2 is 1.94 bits per heavy atom. The highest BCUT2D eigenvalue weighted by molar-refractivity contribution is 5.80. The van der Waals surface area contributed by atoms with Crippen LogP contribution < -0.4 is 15.2 Å². The van der Waals surface area contributed by atoms with E-state index in [1.54, 1.807) is 26.2 Å². The second kappa shape index (κ2) is 4.86. The maximum absolute atomic E-state index is 11.6. The van der Waals surface area contributed by atoms with Gasteiger partial charge in [0.15, 0.2) is 11.5 Å². The lowest BCUT2D eigenvalue weighted by Gasteiger charge is -2.24. The summed E-state index contributed by atoms with van der Waals surface area (Å²) in [5.74, 6) is 1.39. The van der Waals surface area contributed by atoms with Crippen LogP contribution in [0.4, 0.5) is 0 Å². The number of nitrogens with zero attached hydrogens (tertiary/aromatic N) is 1. The summed E-state index contributed by atoms with van der Waals surface area (Å²) in [6.07, 6.45) is 0.384. The smallest absolute Gasteiger partial charge is 0.224 e. The van der Waals surface area contributed by atoms with Crippen molar-refractivity contribution < 1.29 is 14.3 Å². The van der Waals surface area contributed by atoms with Gasteiger partial charge in [-0.15, -0.1) is 0 Å². The van der Waals surface area contributed by atoms with Crippen molar-refractivity contribution in [3.8, 4) is 11.5 Å². The number of nitrogens with two attached hydrogens (primary N) is 1. The Hall–Kier alpha value is -1.75. The fourth-order valence-electron chi connectivity index (χ4n) is 2.41. The topological polar surface area (TPSA) is 64.8 Å². The number of carbonyl (C=O) groups excluding carboxylic acids is 1. The van der Waals surface area contributed by atoms with Gasteiger partial charge in [-0.25, -0.2) is 0 Å². The molecule has 0 aromatic heterocycles. The molecule has 5 heteroatoms. The molecule has 98 valence electrons. The first-order valence-corrected chi connectivity index (χ1v) is 5.81. The van der Waals surface area contributed by atoms with Crippen molar-refractivity contribution in [2.24, 2.45) is 5.73 Å². The monoisotopic (exact) mass is 250 g/mol. The second-order valence-corrected chi connectivity index (χ2v) is 4.43. The molecule has 0 spiro atoms. The van der Waals surface area contributed by atoms with Gasteiger partial charge >= 0.3 is 0 Å². The minimum Gasteiger partial charge on any atom is -0.493 e. The maximum Gasteiger partial charge on any atom is 0.224 e. The number of ether oxygens (including phenoxy) is 2. The minimum atomic E-state index is -0.180. The number of likely N-dealkylation sites (tertiary alicyclic amines) is 1. The van der Waals surface area contributed by atoms with E-state index in [4.69, 9.17) is 15.2 Å². The zero-order valence-corrected chi connectivity index (χ0v) is 10.8. The molecule has 18 heavy (non-hydrogen) atoms. The quantitative estimate of drug-likeness (QED) is 0.867. The average Bonchev–Trinajstić information content (AvgIpc) is 2.62. The van der Waals surface area contributed by atoms with Crippen LogP contribution in [0, 0.1) is 0 Å². The van der Waals surface area contributed by atoms with Gasteiger partial charge in [0, 0.05) is 19.5 Å². The molecule has 1 amide bonds. The van der Waals surface area contributed by atoms with E-state index in [1.807, 2.05) is 18.2 Å². The number of methoxy groups -OCH3 is 2. The normalized spacial score (nSPS) is 23.3. The van der Waals surface area contributed by atoms with Gasteiger partial charge in [0.25, 0.3) is 0 Å². The van der Waals surface area contributed by atoms with Crippen molar-refractivity contribution in [3.63, 3.8) is 0 Å². The van der Waals surface area contributed by atoms with E-state index in [1.165, 1.54) is 0 Å². The lowest BCUT2D eigenvalue weighted by atomic mass is 10.0. The molecule has 1 aromatic carbocycles. The Labute approximate surface area is 106 Å². The van der Waals surface area contributed by atoms with Crippen molar-refractivity contribution in [1.82, 2.24) is 4.90 Å². The van der Waals surface area contributed by atoms with Crippen molar-refractivity contribution in [3.05, 3.63) is 23.8 Å². The van der Waals surface area contributed by atoms with Crippen LogP contribution in [0.5, 0.6) is 11.5 Å².